The van der Waals surface area contributed by atoms with Crippen LogP contribution in [0.1, 0.15) is 30.2 Å². The van der Waals surface area contributed by atoms with Crippen LogP contribution in [0.15, 0.2) is 42.6 Å². The molecule has 108 valence electrons. The van der Waals surface area contributed by atoms with Gasteiger partial charge >= 0.3 is 0 Å². The van der Waals surface area contributed by atoms with E-state index in [-0.39, 0.29) is 0 Å². The maximum atomic E-state index is 9.14. The number of nitrogens with zero attached hydrogens (tertiary/aromatic N) is 3. The predicted molar refractivity (Wildman–Crippen MR) is 84.2 cm³/mol. The van der Waals surface area contributed by atoms with Crippen molar-refractivity contribution in [3.63, 3.8) is 0 Å². The van der Waals surface area contributed by atoms with Crippen LogP contribution < -0.4 is 5.73 Å². The van der Waals surface area contributed by atoms with Gasteiger partial charge in [-0.2, -0.15) is 5.26 Å². The quantitative estimate of drug-likeness (QED) is 0.826. The van der Waals surface area contributed by atoms with E-state index >= 15 is 0 Å². The highest BCUT2D eigenvalue weighted by atomic mass is 15.1. The van der Waals surface area contributed by atoms with Crippen LogP contribution >= 0.6 is 0 Å². The number of nitrogen functional groups attached to an aromatic ring is 1. The second-order valence-corrected chi connectivity index (χ2v) is 5.03. The van der Waals surface area contributed by atoms with Crippen molar-refractivity contribution < 1.29 is 0 Å². The molecule has 0 atom stereocenters. The van der Waals surface area contributed by atoms with Crippen molar-refractivity contribution in [1.82, 2.24) is 9.88 Å². The van der Waals surface area contributed by atoms with Crippen molar-refractivity contribution in [3.05, 3.63) is 59.4 Å². The Morgan fingerprint density at radius 1 is 1.14 bits per heavy atom. The topological polar surface area (TPSA) is 65.9 Å². The minimum Gasteiger partial charge on any atom is -0.398 e. The Balaban J connectivity index is 2.16. The molecule has 0 radical (unpaired) electrons. The maximum absolute atomic E-state index is 9.14. The molecule has 2 N–H and O–H groups in total. The summed E-state index contributed by atoms with van der Waals surface area (Å²) in [5, 5.41) is 9.14. The Hall–Kier alpha value is -2.38. The monoisotopic (exact) mass is 280 g/mol. The lowest BCUT2D eigenvalue weighted by atomic mass is 10.1. The summed E-state index contributed by atoms with van der Waals surface area (Å²) < 4.78 is 0. The van der Waals surface area contributed by atoms with Gasteiger partial charge in [0.2, 0.25) is 0 Å². The Morgan fingerprint density at radius 2 is 1.86 bits per heavy atom. The van der Waals surface area contributed by atoms with Gasteiger partial charge in [0.15, 0.2) is 0 Å². The van der Waals surface area contributed by atoms with Gasteiger partial charge in [-0.15, -0.1) is 0 Å². The Bertz CT molecular complexity index is 631. The van der Waals surface area contributed by atoms with Crippen molar-refractivity contribution in [2.24, 2.45) is 0 Å². The van der Waals surface area contributed by atoms with Gasteiger partial charge in [0.1, 0.15) is 11.8 Å². The lowest BCUT2D eigenvalue weighted by Crippen LogP contribution is -2.24. The number of anilines is 1. The van der Waals surface area contributed by atoms with Crippen LogP contribution in [0, 0.1) is 11.3 Å². The first-order valence-electron chi connectivity index (χ1n) is 7.14. The third kappa shape index (κ3) is 4.04. The zero-order valence-corrected chi connectivity index (χ0v) is 12.3. The summed E-state index contributed by atoms with van der Waals surface area (Å²) >= 11 is 0. The molecule has 0 spiro atoms. The zero-order chi connectivity index (χ0) is 15.1. The zero-order valence-electron chi connectivity index (χ0n) is 12.3. The molecule has 0 fully saturated rings. The summed E-state index contributed by atoms with van der Waals surface area (Å²) in [5.41, 5.74) is 9.41. The fourth-order valence-corrected chi connectivity index (χ4v) is 2.36. The molecule has 0 aliphatic heterocycles. The van der Waals surface area contributed by atoms with Crippen LogP contribution in [-0.4, -0.2) is 16.4 Å². The number of rotatable bonds is 6. The van der Waals surface area contributed by atoms with Gasteiger partial charge in [-0.1, -0.05) is 31.2 Å². The van der Waals surface area contributed by atoms with Crippen molar-refractivity contribution in [1.29, 1.82) is 5.26 Å². The van der Waals surface area contributed by atoms with Gasteiger partial charge in [-0.05, 0) is 30.7 Å². The van der Waals surface area contributed by atoms with Crippen molar-refractivity contribution >= 4 is 5.69 Å². The largest absolute Gasteiger partial charge is 0.398 e. The van der Waals surface area contributed by atoms with Gasteiger partial charge in [0.25, 0.3) is 0 Å². The second-order valence-electron chi connectivity index (χ2n) is 5.03. The molecular weight excluding hydrogens is 260 g/mol. The summed E-state index contributed by atoms with van der Waals surface area (Å²) in [6.07, 6.45) is 2.70. The molecule has 2 rings (SSSR count). The number of pyridine rings is 1. The lowest BCUT2D eigenvalue weighted by Gasteiger charge is -2.22. The highest BCUT2D eigenvalue weighted by Crippen LogP contribution is 2.16. The van der Waals surface area contributed by atoms with Crippen LogP contribution in [0.2, 0.25) is 0 Å². The predicted octanol–water partition coefficient (Wildman–Crippen LogP) is 2.95. The van der Waals surface area contributed by atoms with Gasteiger partial charge in [-0.25, -0.2) is 4.98 Å². The molecule has 0 aliphatic carbocycles. The fourth-order valence-electron chi connectivity index (χ4n) is 2.36. The minimum absolute atomic E-state index is 0.500. The average molecular weight is 280 g/mol. The van der Waals surface area contributed by atoms with E-state index in [4.69, 9.17) is 11.0 Å². The minimum atomic E-state index is 0.500. The SMILES string of the molecule is CCCN(Cc1ccccc1N)Cc1cccnc1C#N. The van der Waals surface area contributed by atoms with Gasteiger partial charge in [0, 0.05) is 30.5 Å². The van der Waals surface area contributed by atoms with E-state index in [1.165, 1.54) is 0 Å². The Kier molecular flexibility index (Phi) is 5.30. The van der Waals surface area contributed by atoms with Crippen molar-refractivity contribution in [2.45, 2.75) is 26.4 Å². The molecule has 0 amide bonds. The molecule has 1 aromatic carbocycles. The van der Waals surface area contributed by atoms with E-state index in [2.05, 4.69) is 22.9 Å². The van der Waals surface area contributed by atoms with Crippen LogP contribution in [0.25, 0.3) is 0 Å². The van der Waals surface area contributed by atoms with E-state index in [0.717, 1.165) is 36.3 Å². The first-order valence-corrected chi connectivity index (χ1v) is 7.14. The Labute approximate surface area is 125 Å². The fraction of sp³-hybridized carbons (Fsp3) is 0.294. The Morgan fingerprint density at radius 3 is 2.57 bits per heavy atom. The molecule has 0 saturated heterocycles. The number of hydrogen-bond acceptors (Lipinski definition) is 4. The first-order chi connectivity index (χ1) is 10.2. The van der Waals surface area contributed by atoms with Crippen LogP contribution in [0.4, 0.5) is 5.69 Å². The van der Waals surface area contributed by atoms with Crippen LogP contribution in [0.3, 0.4) is 0 Å². The number of benzene rings is 1. The number of aromatic nitrogens is 1. The van der Waals surface area contributed by atoms with Crippen LogP contribution in [0.5, 0.6) is 0 Å². The number of hydrogen-bond donors (Lipinski definition) is 1. The molecule has 21 heavy (non-hydrogen) atoms. The molecule has 1 aromatic heterocycles. The van der Waals surface area contributed by atoms with Crippen molar-refractivity contribution in [2.75, 3.05) is 12.3 Å². The highest BCUT2D eigenvalue weighted by molar-refractivity contribution is 5.46. The number of nitriles is 1. The molecule has 2 aromatic rings. The van der Waals surface area contributed by atoms with E-state index in [1.807, 2.05) is 36.4 Å². The maximum Gasteiger partial charge on any atom is 0.144 e. The van der Waals surface area contributed by atoms with E-state index in [9.17, 15) is 0 Å². The van der Waals surface area contributed by atoms with Crippen LogP contribution in [-0.2, 0) is 13.1 Å². The molecule has 0 unspecified atom stereocenters. The molecule has 4 nitrogen and oxygen atoms in total. The first kappa shape index (κ1) is 15.0. The molecule has 0 bridgehead atoms. The average Bonchev–Trinajstić information content (AvgIpc) is 2.50. The van der Waals surface area contributed by atoms with E-state index in [0.29, 0.717) is 12.2 Å². The highest BCUT2D eigenvalue weighted by Gasteiger charge is 2.11. The normalized spacial score (nSPS) is 10.5. The third-order valence-corrected chi connectivity index (χ3v) is 3.38. The molecular formula is C17H20N4. The van der Waals surface area contributed by atoms with Gasteiger partial charge in [0.05, 0.1) is 0 Å². The number of para-hydroxylation sites is 1. The van der Waals surface area contributed by atoms with E-state index in [1.54, 1.807) is 6.20 Å². The summed E-state index contributed by atoms with van der Waals surface area (Å²) in [7, 11) is 0. The van der Waals surface area contributed by atoms with E-state index < -0.39 is 0 Å². The molecule has 4 heteroatoms. The third-order valence-electron chi connectivity index (χ3n) is 3.38. The van der Waals surface area contributed by atoms with Gasteiger partial charge < -0.3 is 5.73 Å². The smallest absolute Gasteiger partial charge is 0.144 e. The number of nitrogens with two attached hydrogens (primary N) is 1. The van der Waals surface area contributed by atoms with Gasteiger partial charge in [-0.3, -0.25) is 4.90 Å². The lowest BCUT2D eigenvalue weighted by molar-refractivity contribution is 0.257. The summed E-state index contributed by atoms with van der Waals surface area (Å²) in [6, 6.07) is 13.9. The molecule has 1 heterocycles. The van der Waals surface area contributed by atoms with Crippen molar-refractivity contribution in [3.8, 4) is 6.07 Å². The standard InChI is InChI=1S/C17H20N4/c1-2-10-21(12-14-6-3-4-8-16(14)19)13-15-7-5-9-20-17(15)11-18/h3-9H,2,10,12-13,19H2,1H3. The summed E-state index contributed by atoms with van der Waals surface area (Å²) in [5.74, 6) is 0. The molecule has 0 saturated carbocycles. The summed E-state index contributed by atoms with van der Waals surface area (Å²) in [6.45, 7) is 4.59. The molecule has 0 aliphatic rings. The summed E-state index contributed by atoms with van der Waals surface area (Å²) in [4.78, 5) is 6.42. The second kappa shape index (κ2) is 7.41.